The zero-order chi connectivity index (χ0) is 36.8. The lowest BCUT2D eigenvalue weighted by atomic mass is 9.49. The number of nitrogens with one attached hydrogen (secondary N) is 1. The average molecular weight is 838 g/mol. The highest BCUT2D eigenvalue weighted by Crippen LogP contribution is 2.65. The molecule has 0 spiro atoms. The molecule has 2 heterocycles. The van der Waals surface area contributed by atoms with Gasteiger partial charge in [-0.2, -0.15) is 5.01 Å². The number of halogens is 3. The van der Waals surface area contributed by atoms with Crippen LogP contribution in [-0.2, 0) is 24.6 Å². The molecule has 5 aromatic carbocycles. The van der Waals surface area contributed by atoms with Gasteiger partial charge in [-0.15, -0.1) is 0 Å². The number of carbonyl (C=O) groups excluding carboxylic acids is 4. The number of carbonyl (C=O) groups is 4. The topological polar surface area (TPSA) is 107 Å². The molecule has 0 bridgehead atoms. The first kappa shape index (κ1) is 33.7. The van der Waals surface area contributed by atoms with Crippen molar-refractivity contribution in [2.24, 2.45) is 23.7 Å². The summed E-state index contributed by atoms with van der Waals surface area (Å²) in [5.41, 5.74) is 3.81. The second-order valence-corrected chi connectivity index (χ2v) is 15.8. The van der Waals surface area contributed by atoms with E-state index in [0.717, 1.165) is 19.5 Å². The first-order chi connectivity index (χ1) is 25.6. The molecular weight excluding hydrogens is 808 g/mol. The lowest BCUT2D eigenvalue weighted by molar-refractivity contribution is -0.138. The summed E-state index contributed by atoms with van der Waals surface area (Å²) in [4.78, 5) is 60.1. The Hall–Kier alpha value is -5.07. The smallest absolute Gasteiger partial charge is 0.260 e. The van der Waals surface area contributed by atoms with E-state index in [-0.39, 0.29) is 30.4 Å². The third-order valence-electron chi connectivity index (χ3n) is 11.6. The van der Waals surface area contributed by atoms with Crippen LogP contribution >= 0.6 is 34.2 Å². The van der Waals surface area contributed by atoms with Crippen molar-refractivity contribution in [3.8, 4) is 5.75 Å². The molecular formula is C42H30ClFIN3O5. The molecule has 5 aromatic rings. The second-order valence-electron chi connectivity index (χ2n) is 14.1. The van der Waals surface area contributed by atoms with Crippen LogP contribution in [0.5, 0.6) is 5.75 Å². The standard InChI is InChI=1S/C42H30ClFIN3O5/c43-24-8-6-23(7-9-24)42-34(39(51)48(41(42)53)46-27-14-10-25(44)11-15-27)21-33-30(36(42)32-18-5-22-3-1-2-4-29(22)37(32)49)19-20-31-35(33)40(52)47(38(31)50)28-16-12-26(45)13-17-28/h1-19,31,33-36,46,49H,20-21H2/t31-,33+,34-,35-,36+,42+/m0/s1. The van der Waals surface area contributed by atoms with E-state index in [4.69, 9.17) is 11.6 Å². The van der Waals surface area contributed by atoms with Crippen molar-refractivity contribution in [3.05, 3.63) is 146 Å². The largest absolute Gasteiger partial charge is 0.507 e. The summed E-state index contributed by atoms with van der Waals surface area (Å²) >= 11 is 8.56. The molecule has 2 aliphatic carbocycles. The number of phenols is 1. The number of aromatic hydroxyl groups is 1. The van der Waals surface area contributed by atoms with E-state index < -0.39 is 52.6 Å². The van der Waals surface area contributed by atoms with Crippen LogP contribution in [0.25, 0.3) is 10.8 Å². The summed E-state index contributed by atoms with van der Waals surface area (Å²) in [5.74, 6) is -6.29. The van der Waals surface area contributed by atoms with E-state index >= 15 is 4.79 Å². The van der Waals surface area contributed by atoms with E-state index in [1.807, 2.05) is 42.5 Å². The lowest BCUT2D eigenvalue weighted by Crippen LogP contribution is -2.53. The minimum absolute atomic E-state index is 0.0385. The van der Waals surface area contributed by atoms with Crippen molar-refractivity contribution in [1.82, 2.24) is 5.01 Å². The Balaban J connectivity index is 1.27. The van der Waals surface area contributed by atoms with Crippen LogP contribution in [0.2, 0.25) is 5.02 Å². The number of nitrogens with zero attached hydrogens (tertiary/aromatic N) is 2. The van der Waals surface area contributed by atoms with Crippen molar-refractivity contribution in [3.63, 3.8) is 0 Å². The third kappa shape index (κ3) is 4.98. The molecule has 2 saturated heterocycles. The molecule has 0 aromatic heterocycles. The normalized spacial score (nSPS) is 26.4. The molecule has 3 fully saturated rings. The third-order valence-corrected chi connectivity index (χ3v) is 12.6. The van der Waals surface area contributed by atoms with E-state index in [0.29, 0.717) is 32.9 Å². The number of hydrogen-bond acceptors (Lipinski definition) is 6. The molecule has 9 rings (SSSR count). The number of allylic oxidation sites excluding steroid dienone is 2. The second kappa shape index (κ2) is 12.5. The average Bonchev–Trinajstić information content (AvgIpc) is 3.54. The van der Waals surface area contributed by atoms with E-state index in [1.54, 1.807) is 48.5 Å². The van der Waals surface area contributed by atoms with Crippen molar-refractivity contribution < 1.29 is 28.7 Å². The predicted molar refractivity (Wildman–Crippen MR) is 206 cm³/mol. The zero-order valence-electron chi connectivity index (χ0n) is 27.9. The van der Waals surface area contributed by atoms with Gasteiger partial charge in [0.25, 0.3) is 11.8 Å². The molecule has 0 radical (unpaired) electrons. The number of anilines is 2. The fourth-order valence-electron chi connectivity index (χ4n) is 9.35. The summed E-state index contributed by atoms with van der Waals surface area (Å²) in [5, 5.41) is 14.9. The molecule has 4 aliphatic rings. The molecule has 8 nitrogen and oxygen atoms in total. The lowest BCUT2D eigenvalue weighted by Gasteiger charge is -2.50. The van der Waals surface area contributed by atoms with Crippen LogP contribution in [0.4, 0.5) is 15.8 Å². The summed E-state index contributed by atoms with van der Waals surface area (Å²) in [6.07, 6.45) is 2.29. The van der Waals surface area contributed by atoms with Crippen LogP contribution < -0.4 is 10.3 Å². The molecule has 4 amide bonds. The Morgan fingerprint density at radius 1 is 0.811 bits per heavy atom. The van der Waals surface area contributed by atoms with Gasteiger partial charge in [-0.05, 0) is 113 Å². The summed E-state index contributed by atoms with van der Waals surface area (Å²) < 4.78 is 14.9. The van der Waals surface area contributed by atoms with Gasteiger partial charge in [0, 0.05) is 25.5 Å². The first-order valence-corrected chi connectivity index (χ1v) is 18.8. The predicted octanol–water partition coefficient (Wildman–Crippen LogP) is 8.13. The van der Waals surface area contributed by atoms with Crippen LogP contribution in [0, 0.1) is 33.1 Å². The van der Waals surface area contributed by atoms with Gasteiger partial charge in [0.15, 0.2) is 0 Å². The fourth-order valence-corrected chi connectivity index (χ4v) is 9.83. The quantitative estimate of drug-likeness (QED) is 0.105. The van der Waals surface area contributed by atoms with E-state index in [1.165, 1.54) is 29.2 Å². The maximum absolute atomic E-state index is 15.4. The molecule has 264 valence electrons. The summed E-state index contributed by atoms with van der Waals surface area (Å²) in [6, 6.07) is 30.4. The summed E-state index contributed by atoms with van der Waals surface area (Å²) in [7, 11) is 0. The van der Waals surface area contributed by atoms with Crippen LogP contribution in [-0.4, -0.2) is 33.7 Å². The molecule has 6 atom stereocenters. The van der Waals surface area contributed by atoms with Crippen LogP contribution in [0.15, 0.2) is 121 Å². The molecule has 2 N–H and O–H groups in total. The number of benzene rings is 5. The maximum atomic E-state index is 15.4. The number of fused-ring (bicyclic) bond motifs is 5. The number of imide groups is 2. The highest BCUT2D eigenvalue weighted by molar-refractivity contribution is 14.1. The van der Waals surface area contributed by atoms with E-state index in [2.05, 4.69) is 28.0 Å². The van der Waals surface area contributed by atoms with Crippen LogP contribution in [0.1, 0.15) is 29.9 Å². The number of phenolic OH excluding ortho intramolecular Hbond substituents is 1. The zero-order valence-corrected chi connectivity index (χ0v) is 30.8. The Kier molecular flexibility index (Phi) is 7.97. The molecule has 11 heteroatoms. The van der Waals surface area contributed by atoms with E-state index in [9.17, 15) is 23.9 Å². The van der Waals surface area contributed by atoms with Gasteiger partial charge < -0.3 is 5.11 Å². The van der Waals surface area contributed by atoms with Crippen molar-refractivity contribution >= 4 is 80.0 Å². The van der Waals surface area contributed by atoms with Gasteiger partial charge >= 0.3 is 0 Å². The van der Waals surface area contributed by atoms with Gasteiger partial charge in [-0.1, -0.05) is 71.8 Å². The Morgan fingerprint density at radius 2 is 1.53 bits per heavy atom. The minimum Gasteiger partial charge on any atom is -0.507 e. The fraction of sp³-hybridized carbons (Fsp3) is 0.190. The monoisotopic (exact) mass is 837 g/mol. The highest BCUT2D eigenvalue weighted by atomic mass is 127. The van der Waals surface area contributed by atoms with Crippen LogP contribution in [0.3, 0.4) is 0 Å². The molecule has 0 unspecified atom stereocenters. The SMILES string of the molecule is O=C1[C@@H]2C[C@@H]3C(=CC[C@@H]4C(=O)N(c5ccc(I)cc5)C(=O)[C@@H]43)[C@H](c3ccc4ccccc4c3O)[C@]2(c2ccc(Cl)cc2)C(=O)N1Nc1ccc(F)cc1. The minimum atomic E-state index is -1.61. The molecule has 53 heavy (non-hydrogen) atoms. The highest BCUT2D eigenvalue weighted by Gasteiger charge is 2.70. The maximum Gasteiger partial charge on any atom is 0.260 e. The van der Waals surface area contributed by atoms with Gasteiger partial charge in [0.05, 0.1) is 34.5 Å². The Labute approximate surface area is 322 Å². The number of rotatable bonds is 5. The first-order valence-electron chi connectivity index (χ1n) is 17.3. The number of hydrogen-bond donors (Lipinski definition) is 2. The van der Waals surface area contributed by atoms with Gasteiger partial charge in [0.2, 0.25) is 11.8 Å². The number of amides is 4. The van der Waals surface area contributed by atoms with Gasteiger partial charge in [0.1, 0.15) is 11.6 Å². The Bertz CT molecular complexity index is 2400. The Morgan fingerprint density at radius 3 is 2.26 bits per heavy atom. The van der Waals surface area contributed by atoms with Gasteiger partial charge in [-0.25, -0.2) is 4.39 Å². The van der Waals surface area contributed by atoms with Gasteiger partial charge in [-0.3, -0.25) is 29.5 Å². The number of hydrazine groups is 1. The molecule has 1 saturated carbocycles. The molecule has 2 aliphatic heterocycles. The summed E-state index contributed by atoms with van der Waals surface area (Å²) in [6.45, 7) is 0. The van der Waals surface area contributed by atoms with Crippen molar-refractivity contribution in [2.45, 2.75) is 24.2 Å². The van der Waals surface area contributed by atoms with Crippen molar-refractivity contribution in [1.29, 1.82) is 0 Å². The van der Waals surface area contributed by atoms with Crippen molar-refractivity contribution in [2.75, 3.05) is 10.3 Å².